The average molecular weight is 345 g/mol. The molecule has 1 aliphatic carbocycles. The number of ether oxygens (including phenoxy) is 1. The number of nitrogens with zero attached hydrogens (tertiary/aromatic N) is 1. The Morgan fingerprint density at radius 3 is 2.52 bits per heavy atom. The maximum Gasteiger partial charge on any atom is 0.319 e. The second-order valence-corrected chi connectivity index (χ2v) is 8.02. The van der Waals surface area contributed by atoms with E-state index in [2.05, 4.69) is 11.9 Å². The van der Waals surface area contributed by atoms with E-state index < -0.39 is 11.0 Å². The SMILES string of the molecule is CN1CCCC(OC(=O)C(C)(c2ccccc2)C2(O)CCCCC2)C1. The first-order chi connectivity index (χ1) is 12.0. The van der Waals surface area contributed by atoms with E-state index in [9.17, 15) is 9.90 Å². The molecule has 0 radical (unpaired) electrons. The van der Waals surface area contributed by atoms with E-state index in [4.69, 9.17) is 4.74 Å². The van der Waals surface area contributed by atoms with Crippen LogP contribution in [0.5, 0.6) is 0 Å². The van der Waals surface area contributed by atoms with Gasteiger partial charge in [0.05, 0.1) is 5.60 Å². The number of hydrogen-bond acceptors (Lipinski definition) is 4. The summed E-state index contributed by atoms with van der Waals surface area (Å²) in [7, 11) is 2.06. The Morgan fingerprint density at radius 2 is 1.88 bits per heavy atom. The Labute approximate surface area is 151 Å². The first-order valence-electron chi connectivity index (χ1n) is 9.63. The lowest BCUT2D eigenvalue weighted by atomic mass is 9.62. The summed E-state index contributed by atoms with van der Waals surface area (Å²) in [6.45, 7) is 3.70. The van der Waals surface area contributed by atoms with Crippen LogP contribution < -0.4 is 0 Å². The van der Waals surface area contributed by atoms with Crippen molar-refractivity contribution in [2.24, 2.45) is 0 Å². The Hall–Kier alpha value is -1.39. The van der Waals surface area contributed by atoms with E-state index in [0.29, 0.717) is 12.8 Å². The largest absolute Gasteiger partial charge is 0.460 e. The van der Waals surface area contributed by atoms with Crippen LogP contribution in [0.1, 0.15) is 57.4 Å². The number of carbonyl (C=O) groups excluding carboxylic acids is 1. The van der Waals surface area contributed by atoms with Gasteiger partial charge < -0.3 is 14.7 Å². The molecule has 2 aliphatic rings. The van der Waals surface area contributed by atoms with Crippen LogP contribution in [0.2, 0.25) is 0 Å². The van der Waals surface area contributed by atoms with Crippen LogP contribution in [0.25, 0.3) is 0 Å². The molecule has 1 aliphatic heterocycles. The molecule has 2 unspecified atom stereocenters. The predicted molar refractivity (Wildman–Crippen MR) is 98.4 cm³/mol. The van der Waals surface area contributed by atoms with Crippen molar-refractivity contribution in [2.45, 2.75) is 69.0 Å². The van der Waals surface area contributed by atoms with E-state index in [1.165, 1.54) is 0 Å². The molecule has 0 bridgehead atoms. The molecule has 2 atom stereocenters. The molecular weight excluding hydrogens is 314 g/mol. The molecule has 4 nitrogen and oxygen atoms in total. The number of benzene rings is 1. The molecule has 0 spiro atoms. The number of likely N-dealkylation sites (tertiary alicyclic amines) is 1. The van der Waals surface area contributed by atoms with Gasteiger partial charge in [-0.3, -0.25) is 4.79 Å². The van der Waals surface area contributed by atoms with Gasteiger partial charge in [-0.2, -0.15) is 0 Å². The minimum atomic E-state index is -1.04. The van der Waals surface area contributed by atoms with E-state index in [-0.39, 0.29) is 12.1 Å². The third-order valence-corrected chi connectivity index (χ3v) is 6.23. The highest BCUT2D eigenvalue weighted by molar-refractivity contribution is 5.84. The Balaban J connectivity index is 1.89. The standard InChI is InChI=1S/C21H31NO3/c1-20(17-10-5-3-6-11-17,21(24)13-7-4-8-14-21)19(23)25-18-12-9-15-22(2)16-18/h3,5-6,10-11,18,24H,4,7-9,12-16H2,1-2H3. The maximum atomic E-state index is 13.3. The van der Waals surface area contributed by atoms with Crippen LogP contribution in [0, 0.1) is 0 Å². The molecule has 4 heteroatoms. The van der Waals surface area contributed by atoms with Gasteiger partial charge in [-0.25, -0.2) is 0 Å². The van der Waals surface area contributed by atoms with Gasteiger partial charge in [-0.1, -0.05) is 49.6 Å². The number of carbonyl (C=O) groups is 1. The number of piperidine rings is 1. The van der Waals surface area contributed by atoms with Crippen molar-refractivity contribution in [3.8, 4) is 0 Å². The van der Waals surface area contributed by atoms with Crippen molar-refractivity contribution >= 4 is 5.97 Å². The van der Waals surface area contributed by atoms with Crippen molar-refractivity contribution in [3.05, 3.63) is 35.9 Å². The minimum Gasteiger partial charge on any atom is -0.460 e. The summed E-state index contributed by atoms with van der Waals surface area (Å²) < 4.78 is 5.96. The summed E-state index contributed by atoms with van der Waals surface area (Å²) in [5.41, 5.74) is -1.21. The normalized spacial score (nSPS) is 26.6. The first-order valence-corrected chi connectivity index (χ1v) is 9.63. The van der Waals surface area contributed by atoms with Crippen LogP contribution in [-0.4, -0.2) is 47.8 Å². The highest BCUT2D eigenvalue weighted by Gasteiger charge is 2.55. The number of hydrogen-bond donors (Lipinski definition) is 1. The fourth-order valence-corrected chi connectivity index (χ4v) is 4.47. The van der Waals surface area contributed by atoms with Crippen LogP contribution in [-0.2, 0) is 14.9 Å². The molecule has 25 heavy (non-hydrogen) atoms. The molecule has 0 amide bonds. The van der Waals surface area contributed by atoms with Crippen LogP contribution >= 0.6 is 0 Å². The highest BCUT2D eigenvalue weighted by atomic mass is 16.5. The summed E-state index contributed by atoms with van der Waals surface area (Å²) in [5, 5.41) is 11.5. The molecule has 2 fully saturated rings. The monoisotopic (exact) mass is 345 g/mol. The maximum absolute atomic E-state index is 13.3. The lowest BCUT2D eigenvalue weighted by Crippen LogP contribution is -2.57. The summed E-state index contributed by atoms with van der Waals surface area (Å²) in [5.74, 6) is -0.275. The van der Waals surface area contributed by atoms with E-state index >= 15 is 0 Å². The van der Waals surface area contributed by atoms with Crippen molar-refractivity contribution in [1.82, 2.24) is 4.90 Å². The molecule has 1 saturated carbocycles. The number of rotatable bonds is 4. The van der Waals surface area contributed by atoms with E-state index in [0.717, 1.165) is 50.8 Å². The number of esters is 1. The number of aliphatic hydroxyl groups is 1. The van der Waals surface area contributed by atoms with Crippen molar-refractivity contribution in [2.75, 3.05) is 20.1 Å². The van der Waals surface area contributed by atoms with E-state index in [1.54, 1.807) is 0 Å². The third-order valence-electron chi connectivity index (χ3n) is 6.23. The van der Waals surface area contributed by atoms with Gasteiger partial charge in [-0.15, -0.1) is 0 Å². The minimum absolute atomic E-state index is 0.0820. The summed E-state index contributed by atoms with van der Waals surface area (Å²) in [6, 6.07) is 9.70. The van der Waals surface area contributed by atoms with Crippen molar-refractivity contribution < 1.29 is 14.6 Å². The van der Waals surface area contributed by atoms with Gasteiger partial charge in [0.2, 0.25) is 0 Å². The third kappa shape index (κ3) is 3.61. The van der Waals surface area contributed by atoms with Gasteiger partial charge in [0.15, 0.2) is 0 Å². The average Bonchev–Trinajstić information content (AvgIpc) is 2.62. The van der Waals surface area contributed by atoms with Gasteiger partial charge >= 0.3 is 5.97 Å². The molecule has 1 heterocycles. The van der Waals surface area contributed by atoms with Gasteiger partial charge in [0.1, 0.15) is 11.5 Å². The topological polar surface area (TPSA) is 49.8 Å². The fraction of sp³-hybridized carbons (Fsp3) is 0.667. The van der Waals surface area contributed by atoms with Crippen LogP contribution in [0.15, 0.2) is 30.3 Å². The predicted octanol–water partition coefficient (Wildman–Crippen LogP) is 3.28. The second kappa shape index (κ2) is 7.46. The van der Waals surface area contributed by atoms with Crippen LogP contribution in [0.3, 0.4) is 0 Å². The number of likely N-dealkylation sites (N-methyl/N-ethyl adjacent to an activating group) is 1. The summed E-state index contributed by atoms with van der Waals surface area (Å²) in [4.78, 5) is 15.5. The first kappa shape index (κ1) is 18.4. The molecule has 1 aromatic carbocycles. The smallest absolute Gasteiger partial charge is 0.319 e. The highest BCUT2D eigenvalue weighted by Crippen LogP contribution is 2.45. The van der Waals surface area contributed by atoms with Gasteiger partial charge in [0, 0.05) is 6.54 Å². The lowest BCUT2D eigenvalue weighted by molar-refractivity contribution is -0.173. The lowest BCUT2D eigenvalue weighted by Gasteiger charge is -2.46. The molecule has 3 rings (SSSR count). The molecular formula is C21H31NO3. The molecule has 1 saturated heterocycles. The molecule has 1 aromatic rings. The Morgan fingerprint density at radius 1 is 1.20 bits per heavy atom. The zero-order valence-corrected chi connectivity index (χ0v) is 15.5. The molecule has 138 valence electrons. The van der Waals surface area contributed by atoms with Crippen molar-refractivity contribution in [1.29, 1.82) is 0 Å². The van der Waals surface area contributed by atoms with Gasteiger partial charge in [-0.05, 0) is 51.8 Å². The van der Waals surface area contributed by atoms with Crippen molar-refractivity contribution in [3.63, 3.8) is 0 Å². The molecule has 0 aromatic heterocycles. The van der Waals surface area contributed by atoms with Gasteiger partial charge in [0.25, 0.3) is 0 Å². The zero-order chi connectivity index (χ0) is 17.9. The Kier molecular flexibility index (Phi) is 5.49. The quantitative estimate of drug-likeness (QED) is 0.851. The molecule has 1 N–H and O–H groups in total. The fourth-order valence-electron chi connectivity index (χ4n) is 4.47. The zero-order valence-electron chi connectivity index (χ0n) is 15.5. The second-order valence-electron chi connectivity index (χ2n) is 8.02. The van der Waals surface area contributed by atoms with Crippen LogP contribution in [0.4, 0.5) is 0 Å². The summed E-state index contributed by atoms with van der Waals surface area (Å²) >= 11 is 0. The van der Waals surface area contributed by atoms with E-state index in [1.807, 2.05) is 37.3 Å². The summed E-state index contributed by atoms with van der Waals surface area (Å²) in [6.07, 6.45) is 6.20. The Bertz CT molecular complexity index is 582.